The van der Waals surface area contributed by atoms with E-state index in [2.05, 4.69) is 15.6 Å². The van der Waals surface area contributed by atoms with Gasteiger partial charge in [-0.05, 0) is 26.0 Å². The molecule has 0 aliphatic carbocycles. The fourth-order valence-corrected chi connectivity index (χ4v) is 1.23. The predicted molar refractivity (Wildman–Crippen MR) is 65.6 cm³/mol. The third kappa shape index (κ3) is 3.73. The molecule has 0 saturated heterocycles. The first-order valence-electron chi connectivity index (χ1n) is 5.42. The minimum Gasteiger partial charge on any atom is -0.356 e. The van der Waals surface area contributed by atoms with E-state index in [1.165, 1.54) is 0 Å². The van der Waals surface area contributed by atoms with Gasteiger partial charge in [0, 0.05) is 18.7 Å². The summed E-state index contributed by atoms with van der Waals surface area (Å²) >= 11 is 0. The number of rotatable bonds is 3. The second kappa shape index (κ2) is 6.61. The van der Waals surface area contributed by atoms with Crippen molar-refractivity contribution in [3.8, 4) is 0 Å². The lowest BCUT2D eigenvalue weighted by atomic mass is 10.2. The van der Waals surface area contributed by atoms with E-state index in [0.29, 0.717) is 18.1 Å². The third-order valence-electron chi connectivity index (χ3n) is 1.93. The molecule has 0 atom stereocenters. The maximum absolute atomic E-state index is 11.8. The van der Waals surface area contributed by atoms with E-state index in [4.69, 9.17) is 0 Å². The molecular weight excluding hydrogens is 202 g/mol. The van der Waals surface area contributed by atoms with Crippen LogP contribution in [0, 0.1) is 0 Å². The number of carbonyl (C=O) groups excluding carboxylic acids is 1. The summed E-state index contributed by atoms with van der Waals surface area (Å²) in [6.45, 7) is 5.25. The lowest BCUT2D eigenvalue weighted by Gasteiger charge is -2.09. The second-order valence-electron chi connectivity index (χ2n) is 3.17. The first-order chi connectivity index (χ1) is 7.77. The third-order valence-corrected chi connectivity index (χ3v) is 1.93. The molecule has 1 aromatic carbocycles. The minimum atomic E-state index is -0.145. The number of nitrogens with zero attached hydrogens (tertiary/aromatic N) is 1. The number of hydrogen-bond donors (Lipinski definition) is 2. The summed E-state index contributed by atoms with van der Waals surface area (Å²) in [4.78, 5) is 15.9. The highest BCUT2D eigenvalue weighted by Gasteiger charge is 2.06. The van der Waals surface area contributed by atoms with Crippen molar-refractivity contribution in [2.75, 3.05) is 13.1 Å². The van der Waals surface area contributed by atoms with Gasteiger partial charge in [0.25, 0.3) is 5.91 Å². The highest BCUT2D eigenvalue weighted by molar-refractivity contribution is 6.05. The molecule has 16 heavy (non-hydrogen) atoms. The van der Waals surface area contributed by atoms with Crippen molar-refractivity contribution in [3.63, 3.8) is 0 Å². The molecule has 0 bridgehead atoms. The Morgan fingerprint density at radius 3 is 2.50 bits per heavy atom. The van der Waals surface area contributed by atoms with Crippen LogP contribution in [0.5, 0.6) is 0 Å². The second-order valence-corrected chi connectivity index (χ2v) is 3.17. The zero-order valence-corrected chi connectivity index (χ0v) is 9.66. The molecule has 0 aliphatic heterocycles. The predicted octanol–water partition coefficient (Wildman–Crippen LogP) is 1.40. The highest BCUT2D eigenvalue weighted by Crippen LogP contribution is 1.97. The van der Waals surface area contributed by atoms with Crippen LogP contribution in [0.4, 0.5) is 0 Å². The topological polar surface area (TPSA) is 53.5 Å². The van der Waals surface area contributed by atoms with Crippen LogP contribution in [-0.4, -0.2) is 25.0 Å². The lowest BCUT2D eigenvalue weighted by molar-refractivity contribution is 0.0976. The Hall–Kier alpha value is -1.84. The van der Waals surface area contributed by atoms with Crippen molar-refractivity contribution >= 4 is 11.9 Å². The Morgan fingerprint density at radius 2 is 1.94 bits per heavy atom. The number of hydrogen-bond acceptors (Lipinski definition) is 2. The van der Waals surface area contributed by atoms with E-state index < -0.39 is 0 Å². The standard InChI is InChI=1S/C12H17N3O/c1-3-13-12(14-4-2)15-11(16)10-8-6-5-7-9-10/h5-9H,3-4H2,1-2H3,(H2,13,14,15,16). The van der Waals surface area contributed by atoms with Gasteiger partial charge >= 0.3 is 0 Å². The molecular formula is C12H17N3O. The molecule has 0 aliphatic rings. The van der Waals surface area contributed by atoms with Gasteiger partial charge in [-0.1, -0.05) is 18.2 Å². The normalized spacial score (nSPS) is 11.0. The fourth-order valence-electron chi connectivity index (χ4n) is 1.23. The molecule has 1 aromatic rings. The van der Waals surface area contributed by atoms with Crippen molar-refractivity contribution in [3.05, 3.63) is 35.9 Å². The van der Waals surface area contributed by atoms with Crippen LogP contribution in [0.3, 0.4) is 0 Å². The van der Waals surface area contributed by atoms with Gasteiger partial charge in [-0.3, -0.25) is 15.1 Å². The van der Waals surface area contributed by atoms with Crippen molar-refractivity contribution in [2.24, 2.45) is 4.99 Å². The largest absolute Gasteiger partial charge is 0.356 e. The van der Waals surface area contributed by atoms with Crippen LogP contribution < -0.4 is 10.6 Å². The molecule has 0 radical (unpaired) electrons. The number of carbonyl (C=O) groups is 1. The summed E-state index contributed by atoms with van der Waals surface area (Å²) in [5, 5.41) is 5.74. The van der Waals surface area contributed by atoms with E-state index in [1.54, 1.807) is 12.1 Å². The van der Waals surface area contributed by atoms with Gasteiger partial charge in [0.1, 0.15) is 0 Å². The minimum absolute atomic E-state index is 0.145. The number of aliphatic imine (C=N–C) groups is 1. The zero-order valence-electron chi connectivity index (χ0n) is 9.66. The summed E-state index contributed by atoms with van der Waals surface area (Å²) in [6.07, 6.45) is 0. The van der Waals surface area contributed by atoms with Crippen molar-refractivity contribution in [1.82, 2.24) is 10.6 Å². The molecule has 86 valence electrons. The van der Waals surface area contributed by atoms with Crippen molar-refractivity contribution in [2.45, 2.75) is 13.8 Å². The molecule has 1 rings (SSSR count). The molecule has 4 nitrogen and oxygen atoms in total. The number of amides is 1. The van der Waals surface area contributed by atoms with Crippen LogP contribution in [0.1, 0.15) is 24.2 Å². The SMILES string of the molecule is CCN=C(NCC)NC(=O)c1ccccc1. The summed E-state index contributed by atoms with van der Waals surface area (Å²) in [5.41, 5.74) is 0.629. The first-order valence-corrected chi connectivity index (χ1v) is 5.42. The van der Waals surface area contributed by atoms with Gasteiger partial charge < -0.3 is 5.32 Å². The Kier molecular flexibility index (Phi) is 5.05. The van der Waals surface area contributed by atoms with Gasteiger partial charge in [-0.25, -0.2) is 0 Å². The number of guanidine groups is 1. The first kappa shape index (κ1) is 12.2. The van der Waals surface area contributed by atoms with Crippen LogP contribution in [0.25, 0.3) is 0 Å². The van der Waals surface area contributed by atoms with Gasteiger partial charge in [-0.2, -0.15) is 0 Å². The number of nitrogens with one attached hydrogen (secondary N) is 2. The molecule has 0 saturated carbocycles. The van der Waals surface area contributed by atoms with E-state index >= 15 is 0 Å². The molecule has 0 heterocycles. The Bertz CT molecular complexity index is 360. The van der Waals surface area contributed by atoms with E-state index in [1.807, 2.05) is 32.0 Å². The molecule has 0 unspecified atom stereocenters. The fraction of sp³-hybridized carbons (Fsp3) is 0.333. The van der Waals surface area contributed by atoms with Crippen LogP contribution in [-0.2, 0) is 0 Å². The summed E-state index contributed by atoms with van der Waals surface area (Å²) in [7, 11) is 0. The molecule has 0 aromatic heterocycles. The maximum atomic E-state index is 11.8. The Labute approximate surface area is 95.8 Å². The van der Waals surface area contributed by atoms with Crippen molar-refractivity contribution < 1.29 is 4.79 Å². The van der Waals surface area contributed by atoms with Gasteiger partial charge in [0.2, 0.25) is 0 Å². The van der Waals surface area contributed by atoms with Gasteiger partial charge in [0.05, 0.1) is 0 Å². The van der Waals surface area contributed by atoms with Crippen LogP contribution in [0.15, 0.2) is 35.3 Å². The summed E-state index contributed by atoms with van der Waals surface area (Å²) in [6, 6.07) is 9.08. The summed E-state index contributed by atoms with van der Waals surface area (Å²) < 4.78 is 0. The maximum Gasteiger partial charge on any atom is 0.257 e. The smallest absolute Gasteiger partial charge is 0.257 e. The molecule has 1 amide bonds. The monoisotopic (exact) mass is 219 g/mol. The number of benzene rings is 1. The van der Waals surface area contributed by atoms with E-state index in [-0.39, 0.29) is 5.91 Å². The quantitative estimate of drug-likeness (QED) is 0.596. The van der Waals surface area contributed by atoms with Crippen LogP contribution >= 0.6 is 0 Å². The van der Waals surface area contributed by atoms with E-state index in [0.717, 1.165) is 6.54 Å². The van der Waals surface area contributed by atoms with Gasteiger partial charge in [0.15, 0.2) is 5.96 Å². The van der Waals surface area contributed by atoms with Crippen molar-refractivity contribution in [1.29, 1.82) is 0 Å². The molecule has 0 fully saturated rings. The molecule has 2 N–H and O–H groups in total. The summed E-state index contributed by atoms with van der Waals surface area (Å²) in [5.74, 6) is 0.382. The Morgan fingerprint density at radius 1 is 1.25 bits per heavy atom. The Balaban J connectivity index is 2.66. The lowest BCUT2D eigenvalue weighted by Crippen LogP contribution is -2.41. The molecule has 0 spiro atoms. The average Bonchev–Trinajstić information content (AvgIpc) is 2.31. The van der Waals surface area contributed by atoms with Gasteiger partial charge in [-0.15, -0.1) is 0 Å². The van der Waals surface area contributed by atoms with Crippen LogP contribution in [0.2, 0.25) is 0 Å². The molecule has 4 heteroatoms. The van der Waals surface area contributed by atoms with E-state index in [9.17, 15) is 4.79 Å². The average molecular weight is 219 g/mol. The zero-order chi connectivity index (χ0) is 11.8. The highest BCUT2D eigenvalue weighted by atomic mass is 16.1.